The van der Waals surface area contributed by atoms with Crippen molar-refractivity contribution < 1.29 is 14.3 Å². The molecule has 0 saturated heterocycles. The van der Waals surface area contributed by atoms with E-state index >= 15 is 0 Å². The molecular formula is C26H23Cl2NO3. The first kappa shape index (κ1) is 22.5. The van der Waals surface area contributed by atoms with E-state index in [0.29, 0.717) is 27.5 Å². The molecule has 0 unspecified atom stereocenters. The minimum Gasteiger partial charge on any atom is -0.454 e. The molecule has 2 aromatic carbocycles. The van der Waals surface area contributed by atoms with Crippen LogP contribution in [0.3, 0.4) is 0 Å². The average Bonchev–Trinajstić information content (AvgIpc) is 3.14. The normalized spacial score (nSPS) is 14.6. The number of hydrogen-bond donors (Lipinski definition) is 0. The highest BCUT2D eigenvalue weighted by Gasteiger charge is 2.29. The number of ether oxygens (including phenoxy) is 1. The number of ketones is 1. The number of nitrogens with zero attached hydrogens (tertiary/aromatic N) is 1. The lowest BCUT2D eigenvalue weighted by Gasteiger charge is -2.17. The molecule has 0 radical (unpaired) electrons. The van der Waals surface area contributed by atoms with E-state index < -0.39 is 11.4 Å². The van der Waals surface area contributed by atoms with Crippen molar-refractivity contribution in [1.29, 1.82) is 0 Å². The summed E-state index contributed by atoms with van der Waals surface area (Å²) in [5.74, 6) is -0.616. The van der Waals surface area contributed by atoms with Crippen molar-refractivity contribution in [3.63, 3.8) is 0 Å². The maximum atomic E-state index is 13.1. The van der Waals surface area contributed by atoms with Crippen LogP contribution in [0.15, 0.2) is 42.5 Å². The number of Topliss-reactive ketones (excluding diaryl/α,β-unsaturated/α-hetero) is 1. The largest absolute Gasteiger partial charge is 0.454 e. The second-order valence-corrected chi connectivity index (χ2v) is 9.74. The molecule has 32 heavy (non-hydrogen) atoms. The number of carbonyl (C=O) groups excluding carboxylic acids is 2. The molecule has 0 N–H and O–H groups in total. The minimum atomic E-state index is -0.571. The fourth-order valence-corrected chi connectivity index (χ4v) is 4.04. The topological polar surface area (TPSA) is 56.3 Å². The first-order valence-electron chi connectivity index (χ1n) is 10.4. The monoisotopic (exact) mass is 467 g/mol. The van der Waals surface area contributed by atoms with Gasteiger partial charge in [-0.1, -0.05) is 68.2 Å². The Balaban J connectivity index is 1.76. The Morgan fingerprint density at radius 1 is 1.06 bits per heavy atom. The highest BCUT2D eigenvalue weighted by molar-refractivity contribution is 6.42. The van der Waals surface area contributed by atoms with Crippen LogP contribution in [0, 0.1) is 5.41 Å². The first-order valence-corrected chi connectivity index (χ1v) is 11.2. The number of halogens is 2. The maximum absolute atomic E-state index is 13.1. The third-order valence-corrected chi connectivity index (χ3v) is 6.34. The predicted molar refractivity (Wildman–Crippen MR) is 129 cm³/mol. The lowest BCUT2D eigenvalue weighted by atomic mass is 9.91. The number of benzene rings is 2. The van der Waals surface area contributed by atoms with Gasteiger partial charge in [0.1, 0.15) is 0 Å². The van der Waals surface area contributed by atoms with Crippen molar-refractivity contribution in [3.05, 3.63) is 74.9 Å². The fraction of sp³-hybridized carbons (Fsp3) is 0.269. The van der Waals surface area contributed by atoms with Gasteiger partial charge in [0.2, 0.25) is 0 Å². The number of allylic oxidation sites excluding steroid dienone is 1. The standard InChI is InChI=1S/C26H23Cl2NO3/c1-26(2,3)22(30)14-32-25(31)23-17-6-4-5-7-21(17)29-24-16(9-10-18(23)24)12-15-8-11-19(27)20(28)13-15/h4-8,11-13H,9-10,14H2,1-3H3/b16-12+. The number of fused-ring (bicyclic) bond motifs is 2. The first-order chi connectivity index (χ1) is 15.1. The van der Waals surface area contributed by atoms with Crippen LogP contribution in [0.5, 0.6) is 0 Å². The van der Waals surface area contributed by atoms with Gasteiger partial charge < -0.3 is 4.74 Å². The average molecular weight is 468 g/mol. The molecule has 0 fully saturated rings. The van der Waals surface area contributed by atoms with Crippen molar-refractivity contribution in [1.82, 2.24) is 4.98 Å². The van der Waals surface area contributed by atoms with Gasteiger partial charge in [-0.25, -0.2) is 9.78 Å². The Kier molecular flexibility index (Phi) is 6.11. The maximum Gasteiger partial charge on any atom is 0.339 e. The summed E-state index contributed by atoms with van der Waals surface area (Å²) >= 11 is 12.2. The molecule has 0 aliphatic heterocycles. The van der Waals surface area contributed by atoms with Crippen LogP contribution in [0.1, 0.15) is 54.4 Å². The smallest absolute Gasteiger partial charge is 0.339 e. The van der Waals surface area contributed by atoms with Gasteiger partial charge in [0, 0.05) is 10.8 Å². The third-order valence-electron chi connectivity index (χ3n) is 5.60. The van der Waals surface area contributed by atoms with E-state index in [1.807, 2.05) is 63.2 Å². The van der Waals surface area contributed by atoms with Crippen LogP contribution < -0.4 is 0 Å². The van der Waals surface area contributed by atoms with Crippen molar-refractivity contribution in [2.75, 3.05) is 6.61 Å². The molecule has 0 amide bonds. The van der Waals surface area contributed by atoms with E-state index in [1.165, 1.54) is 0 Å². The summed E-state index contributed by atoms with van der Waals surface area (Å²) in [6, 6.07) is 13.0. The summed E-state index contributed by atoms with van der Waals surface area (Å²) in [5, 5.41) is 1.72. The number of esters is 1. The Labute approximate surface area is 197 Å². The molecule has 1 aromatic heterocycles. The molecule has 4 rings (SSSR count). The van der Waals surface area contributed by atoms with Gasteiger partial charge in [-0.15, -0.1) is 0 Å². The minimum absolute atomic E-state index is 0.124. The van der Waals surface area contributed by atoms with Gasteiger partial charge in [-0.3, -0.25) is 4.79 Å². The molecule has 0 bridgehead atoms. The lowest BCUT2D eigenvalue weighted by molar-refractivity contribution is -0.129. The zero-order valence-electron chi connectivity index (χ0n) is 18.2. The zero-order chi connectivity index (χ0) is 23.0. The molecule has 6 heteroatoms. The second-order valence-electron chi connectivity index (χ2n) is 8.92. The SMILES string of the molecule is CC(C)(C)C(=O)COC(=O)c1c2c(nc3ccccc13)/C(=C/c1ccc(Cl)c(Cl)c1)CC2. The number of aromatic nitrogens is 1. The number of carbonyl (C=O) groups is 2. The van der Waals surface area contributed by atoms with Crippen LogP contribution in [-0.4, -0.2) is 23.3 Å². The molecule has 1 aliphatic rings. The van der Waals surface area contributed by atoms with Crippen molar-refractivity contribution in [3.8, 4) is 0 Å². The number of para-hydroxylation sites is 1. The molecular weight excluding hydrogens is 445 g/mol. The Hall–Kier alpha value is -2.69. The highest BCUT2D eigenvalue weighted by Crippen LogP contribution is 2.38. The van der Waals surface area contributed by atoms with Crippen LogP contribution in [0.4, 0.5) is 0 Å². The van der Waals surface area contributed by atoms with Crippen molar-refractivity contribution in [2.45, 2.75) is 33.6 Å². The number of rotatable bonds is 4. The van der Waals surface area contributed by atoms with Crippen molar-refractivity contribution in [2.24, 2.45) is 5.41 Å². The van der Waals surface area contributed by atoms with E-state index in [2.05, 4.69) is 0 Å². The van der Waals surface area contributed by atoms with Crippen LogP contribution in [0.2, 0.25) is 10.0 Å². The van der Waals surface area contributed by atoms with E-state index in [4.69, 9.17) is 32.9 Å². The molecule has 164 valence electrons. The Bertz CT molecular complexity index is 1270. The third kappa shape index (κ3) is 4.43. The molecule has 0 atom stereocenters. The van der Waals surface area contributed by atoms with Gasteiger partial charge in [-0.05, 0) is 53.8 Å². The summed E-state index contributed by atoms with van der Waals surface area (Å²) in [4.78, 5) is 30.3. The summed E-state index contributed by atoms with van der Waals surface area (Å²) < 4.78 is 5.46. The summed E-state index contributed by atoms with van der Waals surface area (Å²) in [6.07, 6.45) is 3.42. The lowest BCUT2D eigenvalue weighted by Crippen LogP contribution is -2.26. The molecule has 3 aromatic rings. The summed E-state index contributed by atoms with van der Waals surface area (Å²) in [7, 11) is 0. The highest BCUT2D eigenvalue weighted by atomic mass is 35.5. The fourth-order valence-electron chi connectivity index (χ4n) is 3.74. The van der Waals surface area contributed by atoms with Crippen LogP contribution in [0.25, 0.3) is 22.6 Å². The van der Waals surface area contributed by atoms with Gasteiger partial charge in [0.25, 0.3) is 0 Å². The number of pyridine rings is 1. The van der Waals surface area contributed by atoms with E-state index in [1.54, 1.807) is 6.07 Å². The van der Waals surface area contributed by atoms with Gasteiger partial charge in [0.05, 0.1) is 26.8 Å². The Morgan fingerprint density at radius 2 is 1.81 bits per heavy atom. The molecule has 0 saturated carbocycles. The van der Waals surface area contributed by atoms with E-state index in [0.717, 1.165) is 34.2 Å². The second kappa shape index (κ2) is 8.68. The predicted octanol–water partition coefficient (Wildman–Crippen LogP) is 6.80. The van der Waals surface area contributed by atoms with Crippen molar-refractivity contribution >= 4 is 57.5 Å². The quantitative estimate of drug-likeness (QED) is 0.395. The summed E-state index contributed by atoms with van der Waals surface area (Å²) in [6.45, 7) is 5.17. The number of hydrogen-bond acceptors (Lipinski definition) is 4. The molecule has 4 nitrogen and oxygen atoms in total. The van der Waals surface area contributed by atoms with Gasteiger partial charge >= 0.3 is 5.97 Å². The molecule has 1 aliphatic carbocycles. The van der Waals surface area contributed by atoms with Crippen LogP contribution in [-0.2, 0) is 16.0 Å². The molecule has 1 heterocycles. The summed E-state index contributed by atoms with van der Waals surface area (Å²) in [5.41, 5.74) is 4.19. The van der Waals surface area contributed by atoms with Crippen LogP contribution >= 0.6 is 23.2 Å². The Morgan fingerprint density at radius 3 is 2.53 bits per heavy atom. The van der Waals surface area contributed by atoms with E-state index in [-0.39, 0.29) is 12.4 Å². The van der Waals surface area contributed by atoms with Gasteiger partial charge in [0.15, 0.2) is 12.4 Å². The van der Waals surface area contributed by atoms with E-state index in [9.17, 15) is 9.59 Å². The zero-order valence-corrected chi connectivity index (χ0v) is 19.7. The van der Waals surface area contributed by atoms with Gasteiger partial charge in [-0.2, -0.15) is 0 Å². The molecule has 0 spiro atoms.